The summed E-state index contributed by atoms with van der Waals surface area (Å²) in [6.45, 7) is 0.264. The summed E-state index contributed by atoms with van der Waals surface area (Å²) in [5.74, 6) is 0. The van der Waals surface area contributed by atoms with Crippen LogP contribution in [0.15, 0.2) is 24.3 Å². The second-order valence-electron chi connectivity index (χ2n) is 2.83. The highest BCUT2D eigenvalue weighted by Crippen LogP contribution is 2.09. The van der Waals surface area contributed by atoms with Crippen LogP contribution < -0.4 is 5.73 Å². The van der Waals surface area contributed by atoms with Crippen LogP contribution in [0.5, 0.6) is 0 Å². The molecule has 1 aromatic heterocycles. The highest BCUT2D eigenvalue weighted by atomic mass is 16.3. The normalized spacial score (nSPS) is 13.4. The highest BCUT2D eigenvalue weighted by Gasteiger charge is 2.04. The molecular weight excluding hydrogens is 168 g/mol. The average Bonchev–Trinajstić information content (AvgIpc) is 2.48. The quantitative estimate of drug-likeness (QED) is 0.619. The highest BCUT2D eigenvalue weighted by molar-refractivity contribution is 5.73. The zero-order valence-electron chi connectivity index (χ0n) is 6.96. The summed E-state index contributed by atoms with van der Waals surface area (Å²) in [7, 11) is 0. The zero-order valence-corrected chi connectivity index (χ0v) is 6.96. The first-order valence-electron chi connectivity index (χ1n) is 3.99. The molecule has 0 bridgehead atoms. The van der Waals surface area contributed by atoms with Crippen molar-refractivity contribution in [2.45, 2.75) is 12.8 Å². The van der Waals surface area contributed by atoms with E-state index in [9.17, 15) is 0 Å². The molecule has 0 fully saturated rings. The Kier molecular flexibility index (Phi) is 1.96. The molecule has 2 aromatic rings. The first-order chi connectivity index (χ1) is 6.27. The van der Waals surface area contributed by atoms with Gasteiger partial charge in [0.1, 0.15) is 11.7 Å². The van der Waals surface area contributed by atoms with Crippen LogP contribution in [-0.4, -0.2) is 26.3 Å². The molecule has 2 rings (SSSR count). The number of benzene rings is 1. The van der Waals surface area contributed by atoms with Gasteiger partial charge >= 0.3 is 0 Å². The topological polar surface area (TPSA) is 77.0 Å². The average molecular weight is 178 g/mol. The van der Waals surface area contributed by atoms with Gasteiger partial charge in [0.05, 0.1) is 12.1 Å². The summed E-state index contributed by atoms with van der Waals surface area (Å²) in [6.07, 6.45) is -0.898. The van der Waals surface area contributed by atoms with E-state index in [0.29, 0.717) is 0 Å². The number of para-hydroxylation sites is 1. The number of fused-ring (bicyclic) bond motifs is 1. The molecular formula is C8H10N4O. The second-order valence-corrected chi connectivity index (χ2v) is 2.83. The lowest BCUT2D eigenvalue weighted by Crippen LogP contribution is -2.25. The molecule has 1 atom stereocenters. The Morgan fingerprint density at radius 1 is 1.46 bits per heavy atom. The predicted octanol–water partition coefficient (Wildman–Crippen LogP) is -0.292. The number of hydrogen-bond donors (Lipinski definition) is 2. The van der Waals surface area contributed by atoms with Crippen molar-refractivity contribution in [3.63, 3.8) is 0 Å². The molecule has 0 aliphatic rings. The van der Waals surface area contributed by atoms with E-state index in [4.69, 9.17) is 10.8 Å². The van der Waals surface area contributed by atoms with Gasteiger partial charge in [-0.25, -0.2) is 4.68 Å². The molecule has 1 heterocycles. The van der Waals surface area contributed by atoms with Crippen LogP contribution in [0.4, 0.5) is 0 Å². The maximum absolute atomic E-state index is 8.97. The Hall–Kier alpha value is -1.46. The fourth-order valence-electron chi connectivity index (χ4n) is 1.23. The molecule has 5 nitrogen and oxygen atoms in total. The van der Waals surface area contributed by atoms with Crippen molar-refractivity contribution in [3.05, 3.63) is 24.3 Å². The molecule has 0 aliphatic carbocycles. The van der Waals surface area contributed by atoms with Crippen LogP contribution in [0.25, 0.3) is 11.0 Å². The predicted molar refractivity (Wildman–Crippen MR) is 47.7 cm³/mol. The molecule has 1 aromatic carbocycles. The van der Waals surface area contributed by atoms with Crippen molar-refractivity contribution in [3.8, 4) is 0 Å². The number of aliphatic hydroxyl groups excluding tert-OH is 1. The van der Waals surface area contributed by atoms with E-state index >= 15 is 0 Å². The fourth-order valence-corrected chi connectivity index (χ4v) is 1.23. The number of rotatable bonds is 2. The number of hydrogen-bond acceptors (Lipinski definition) is 4. The minimum Gasteiger partial charge on any atom is -0.377 e. The van der Waals surface area contributed by atoms with Gasteiger partial charge < -0.3 is 10.8 Å². The Labute approximate surface area is 74.8 Å². The van der Waals surface area contributed by atoms with Crippen LogP contribution in [0.1, 0.15) is 0 Å². The third-order valence-corrected chi connectivity index (χ3v) is 1.78. The maximum atomic E-state index is 8.97. The van der Waals surface area contributed by atoms with Crippen molar-refractivity contribution in [1.29, 1.82) is 0 Å². The minimum atomic E-state index is -0.898. The molecule has 0 aliphatic heterocycles. The van der Waals surface area contributed by atoms with Crippen LogP contribution in [0.2, 0.25) is 0 Å². The summed E-state index contributed by atoms with van der Waals surface area (Å²) >= 11 is 0. The summed E-state index contributed by atoms with van der Waals surface area (Å²) in [5.41, 5.74) is 6.93. The van der Waals surface area contributed by atoms with E-state index < -0.39 is 6.23 Å². The van der Waals surface area contributed by atoms with Crippen molar-refractivity contribution >= 4 is 11.0 Å². The van der Waals surface area contributed by atoms with Gasteiger partial charge in [-0.2, -0.15) is 0 Å². The Morgan fingerprint density at radius 3 is 3.00 bits per heavy atom. The largest absolute Gasteiger partial charge is 0.377 e. The van der Waals surface area contributed by atoms with Gasteiger partial charge in [0.25, 0.3) is 0 Å². The van der Waals surface area contributed by atoms with E-state index in [1.165, 1.54) is 0 Å². The van der Waals surface area contributed by atoms with E-state index in [-0.39, 0.29) is 6.54 Å². The van der Waals surface area contributed by atoms with Gasteiger partial charge in [0, 0.05) is 0 Å². The first kappa shape index (κ1) is 8.15. The monoisotopic (exact) mass is 178 g/mol. The Morgan fingerprint density at radius 2 is 2.23 bits per heavy atom. The molecule has 0 amide bonds. The molecule has 3 N–H and O–H groups in total. The number of aromatic nitrogens is 3. The number of nitrogens with zero attached hydrogens (tertiary/aromatic N) is 3. The molecule has 1 unspecified atom stereocenters. The van der Waals surface area contributed by atoms with Crippen LogP contribution in [0.3, 0.4) is 0 Å². The minimum absolute atomic E-state index is 0.264. The Bertz CT molecular complexity index is 409. The molecule has 0 saturated heterocycles. The van der Waals surface area contributed by atoms with Crippen LogP contribution in [0, 0.1) is 0 Å². The van der Waals surface area contributed by atoms with Crippen molar-refractivity contribution < 1.29 is 5.11 Å². The summed E-state index contributed by atoms with van der Waals surface area (Å²) < 4.78 is 1.58. The third kappa shape index (κ3) is 1.51. The smallest absolute Gasteiger partial charge is 0.122 e. The molecule has 0 spiro atoms. The van der Waals surface area contributed by atoms with Crippen molar-refractivity contribution in [1.82, 2.24) is 15.0 Å². The van der Waals surface area contributed by atoms with Gasteiger partial charge in [-0.1, -0.05) is 17.3 Å². The second kappa shape index (κ2) is 3.12. The lowest BCUT2D eigenvalue weighted by molar-refractivity contribution is 0.157. The van der Waals surface area contributed by atoms with E-state index in [0.717, 1.165) is 11.0 Å². The Balaban J connectivity index is 2.46. The molecule has 0 saturated carbocycles. The van der Waals surface area contributed by atoms with E-state index in [1.807, 2.05) is 24.3 Å². The SMILES string of the molecule is NC(O)Cn1nnc2ccccc21. The van der Waals surface area contributed by atoms with Crippen LogP contribution >= 0.6 is 0 Å². The van der Waals surface area contributed by atoms with Gasteiger partial charge in [-0.15, -0.1) is 5.10 Å². The van der Waals surface area contributed by atoms with Gasteiger partial charge in [0.15, 0.2) is 0 Å². The van der Waals surface area contributed by atoms with Gasteiger partial charge in [-0.3, -0.25) is 0 Å². The maximum Gasteiger partial charge on any atom is 0.122 e. The summed E-state index contributed by atoms with van der Waals surface area (Å²) in [5, 5.41) is 16.8. The summed E-state index contributed by atoms with van der Waals surface area (Å²) in [6, 6.07) is 7.53. The molecule has 5 heteroatoms. The lowest BCUT2D eigenvalue weighted by atomic mass is 10.3. The molecule has 68 valence electrons. The lowest BCUT2D eigenvalue weighted by Gasteiger charge is -2.03. The van der Waals surface area contributed by atoms with E-state index in [1.54, 1.807) is 4.68 Å². The van der Waals surface area contributed by atoms with Gasteiger partial charge in [0.2, 0.25) is 0 Å². The standard InChI is InChI=1S/C8H10N4O/c9-8(13)5-12-7-4-2-1-3-6(7)10-11-12/h1-4,8,13H,5,9H2. The number of aliphatic hydroxyl groups is 1. The van der Waals surface area contributed by atoms with Gasteiger partial charge in [-0.05, 0) is 12.1 Å². The van der Waals surface area contributed by atoms with Crippen molar-refractivity contribution in [2.24, 2.45) is 5.73 Å². The van der Waals surface area contributed by atoms with E-state index in [2.05, 4.69) is 10.3 Å². The number of nitrogens with two attached hydrogens (primary N) is 1. The zero-order chi connectivity index (χ0) is 9.26. The van der Waals surface area contributed by atoms with Crippen LogP contribution in [-0.2, 0) is 6.54 Å². The fraction of sp³-hybridized carbons (Fsp3) is 0.250. The third-order valence-electron chi connectivity index (χ3n) is 1.78. The molecule has 13 heavy (non-hydrogen) atoms. The molecule has 0 radical (unpaired) electrons. The van der Waals surface area contributed by atoms with Crippen molar-refractivity contribution in [2.75, 3.05) is 0 Å². The first-order valence-corrected chi connectivity index (χ1v) is 3.99. The summed E-state index contributed by atoms with van der Waals surface area (Å²) in [4.78, 5) is 0.